The number of aliphatic carboxylic acids is 1. The molecule has 134 valence electrons. The van der Waals surface area contributed by atoms with E-state index in [4.69, 9.17) is 0 Å². The summed E-state index contributed by atoms with van der Waals surface area (Å²) in [5, 5.41) is 9.80. The summed E-state index contributed by atoms with van der Waals surface area (Å²) in [5.74, 6) is -1.87. The number of hydrogen-bond donors (Lipinski definition) is 1. The van der Waals surface area contributed by atoms with E-state index in [2.05, 4.69) is 4.98 Å². The van der Waals surface area contributed by atoms with E-state index >= 15 is 0 Å². The minimum atomic E-state index is -1.03. The summed E-state index contributed by atoms with van der Waals surface area (Å²) in [6.45, 7) is 4.54. The molecule has 25 heavy (non-hydrogen) atoms. The van der Waals surface area contributed by atoms with E-state index in [0.29, 0.717) is 37.3 Å². The topological polar surface area (TPSA) is 58.4 Å². The van der Waals surface area contributed by atoms with Crippen molar-refractivity contribution < 1.29 is 18.7 Å². The monoisotopic (exact) mass is 349 g/mol. The van der Waals surface area contributed by atoms with Crippen molar-refractivity contribution in [2.45, 2.75) is 38.8 Å². The van der Waals surface area contributed by atoms with Crippen molar-refractivity contribution in [3.8, 4) is 0 Å². The van der Waals surface area contributed by atoms with Crippen LogP contribution in [0.1, 0.15) is 29.8 Å². The van der Waals surface area contributed by atoms with Crippen LogP contribution in [-0.2, 0) is 16.9 Å². The number of likely N-dealkylation sites (tertiary alicyclic amines) is 1. The molecule has 3 rings (SSSR count). The molecule has 1 aromatic heterocycles. The third-order valence-corrected chi connectivity index (χ3v) is 5.12. The lowest BCUT2D eigenvalue weighted by Crippen LogP contribution is -2.51. The molecule has 0 aliphatic carbocycles. The Bertz CT molecular complexity index is 796. The average molecular weight is 349 g/mol. The maximum Gasteiger partial charge on any atom is 0.330 e. The van der Waals surface area contributed by atoms with Crippen LogP contribution in [0, 0.1) is 25.5 Å². The molecule has 1 fully saturated rings. The molecule has 2 heterocycles. The highest BCUT2D eigenvalue weighted by molar-refractivity contribution is 5.77. The second kappa shape index (κ2) is 6.55. The van der Waals surface area contributed by atoms with E-state index in [1.807, 2.05) is 4.90 Å². The number of halogens is 2. The molecule has 1 aliphatic heterocycles. The molecule has 2 aromatic rings. The van der Waals surface area contributed by atoms with E-state index in [9.17, 15) is 18.7 Å². The Morgan fingerprint density at radius 1 is 1.24 bits per heavy atom. The van der Waals surface area contributed by atoms with Crippen LogP contribution in [0.4, 0.5) is 8.78 Å². The van der Waals surface area contributed by atoms with Gasteiger partial charge in [0.1, 0.15) is 11.4 Å². The number of benzene rings is 1. The van der Waals surface area contributed by atoms with Gasteiger partial charge in [-0.15, -0.1) is 0 Å². The summed E-state index contributed by atoms with van der Waals surface area (Å²) in [6, 6.07) is 3.15. The first-order chi connectivity index (χ1) is 11.8. The number of aryl methyl sites for hydroxylation is 2. The Morgan fingerprint density at radius 2 is 1.92 bits per heavy atom. The number of carbonyl (C=O) groups is 1. The molecule has 0 saturated carbocycles. The largest absolute Gasteiger partial charge is 0.479 e. The zero-order chi connectivity index (χ0) is 18.2. The van der Waals surface area contributed by atoms with Crippen LogP contribution in [-0.4, -0.2) is 38.6 Å². The summed E-state index contributed by atoms with van der Waals surface area (Å²) in [7, 11) is 0. The van der Waals surface area contributed by atoms with Crippen LogP contribution < -0.4 is 0 Å². The Hall–Kier alpha value is -2.28. The summed E-state index contributed by atoms with van der Waals surface area (Å²) in [6.07, 6.45) is 4.05. The molecule has 7 heteroatoms. The predicted molar refractivity (Wildman–Crippen MR) is 88.2 cm³/mol. The third-order valence-electron chi connectivity index (χ3n) is 5.12. The van der Waals surface area contributed by atoms with Crippen LogP contribution in [0.3, 0.4) is 0 Å². The molecule has 0 radical (unpaired) electrons. The number of aromatic nitrogens is 2. The van der Waals surface area contributed by atoms with Crippen molar-refractivity contribution >= 4 is 5.97 Å². The Kier molecular flexibility index (Phi) is 4.60. The van der Waals surface area contributed by atoms with Gasteiger partial charge in [0.15, 0.2) is 11.6 Å². The fourth-order valence-corrected chi connectivity index (χ4v) is 3.52. The zero-order valence-corrected chi connectivity index (χ0v) is 14.3. The molecule has 0 bridgehead atoms. The lowest BCUT2D eigenvalue weighted by Gasteiger charge is -2.40. The fraction of sp³-hybridized carbons (Fsp3) is 0.444. The van der Waals surface area contributed by atoms with Crippen LogP contribution in [0.5, 0.6) is 0 Å². The summed E-state index contributed by atoms with van der Waals surface area (Å²) in [5.41, 5.74) is -0.459. The number of hydrogen-bond acceptors (Lipinski definition) is 3. The van der Waals surface area contributed by atoms with E-state index < -0.39 is 23.1 Å². The maximum absolute atomic E-state index is 14.1. The molecule has 1 N–H and O–H groups in total. The van der Waals surface area contributed by atoms with Gasteiger partial charge in [-0.2, -0.15) is 0 Å². The summed E-state index contributed by atoms with van der Waals surface area (Å²) >= 11 is 0. The number of rotatable bonds is 4. The quantitative estimate of drug-likeness (QED) is 0.922. The predicted octanol–water partition coefficient (Wildman–Crippen LogP) is 2.85. The summed E-state index contributed by atoms with van der Waals surface area (Å²) in [4.78, 5) is 18.0. The normalized spacial score (nSPS) is 17.6. The van der Waals surface area contributed by atoms with Crippen LogP contribution in [0.15, 0.2) is 24.5 Å². The van der Waals surface area contributed by atoms with Gasteiger partial charge >= 0.3 is 5.97 Å². The third kappa shape index (κ3) is 3.04. The number of carboxylic acid groups (broad SMARTS) is 1. The van der Waals surface area contributed by atoms with E-state index in [0.717, 1.165) is 0 Å². The highest BCUT2D eigenvalue weighted by Crippen LogP contribution is 2.32. The van der Waals surface area contributed by atoms with Crippen molar-refractivity contribution in [2.24, 2.45) is 0 Å². The van der Waals surface area contributed by atoms with Gasteiger partial charge in [0.05, 0.1) is 0 Å². The van der Waals surface area contributed by atoms with Gasteiger partial charge in [0.25, 0.3) is 0 Å². The van der Waals surface area contributed by atoms with Crippen LogP contribution in [0.2, 0.25) is 0 Å². The maximum atomic E-state index is 14.1. The zero-order valence-electron chi connectivity index (χ0n) is 14.3. The second-order valence-corrected chi connectivity index (χ2v) is 6.63. The highest BCUT2D eigenvalue weighted by Gasteiger charge is 2.43. The minimum absolute atomic E-state index is 0.266. The lowest BCUT2D eigenvalue weighted by molar-refractivity contribution is -0.150. The van der Waals surface area contributed by atoms with Gasteiger partial charge in [-0.1, -0.05) is 12.1 Å². The standard InChI is InChI=1S/C18H21F2N3O2/c1-12-3-4-14(16(20)15(12)19)11-22-8-5-18(6-9-22,17(24)25)23-10-7-21-13(23)2/h3-4,7,10H,5-6,8-9,11H2,1-2H3,(H,24,25). The molecule has 1 aliphatic rings. The molecule has 0 amide bonds. The second-order valence-electron chi connectivity index (χ2n) is 6.63. The number of imidazole rings is 1. The SMILES string of the molecule is Cc1ccc(CN2CCC(C(=O)O)(n3ccnc3C)CC2)c(F)c1F. The Labute approximate surface area is 144 Å². The van der Waals surface area contributed by atoms with Crippen LogP contribution >= 0.6 is 0 Å². The number of piperidine rings is 1. The van der Waals surface area contributed by atoms with Gasteiger partial charge in [-0.3, -0.25) is 4.90 Å². The number of nitrogens with zero attached hydrogens (tertiary/aromatic N) is 3. The lowest BCUT2D eigenvalue weighted by atomic mass is 9.86. The first-order valence-electron chi connectivity index (χ1n) is 8.25. The number of carboxylic acids is 1. The smallest absolute Gasteiger partial charge is 0.330 e. The van der Waals surface area contributed by atoms with Crippen molar-refractivity contribution in [1.29, 1.82) is 0 Å². The Morgan fingerprint density at radius 3 is 2.48 bits per heavy atom. The molecule has 1 aromatic carbocycles. The van der Waals surface area contributed by atoms with Gasteiger partial charge in [0, 0.05) is 37.6 Å². The van der Waals surface area contributed by atoms with E-state index in [1.54, 1.807) is 36.0 Å². The first-order valence-corrected chi connectivity index (χ1v) is 8.25. The Balaban J connectivity index is 1.76. The molecule has 5 nitrogen and oxygen atoms in total. The molecule has 1 saturated heterocycles. The highest BCUT2D eigenvalue weighted by atomic mass is 19.2. The van der Waals surface area contributed by atoms with Crippen molar-refractivity contribution in [1.82, 2.24) is 14.5 Å². The molecule has 0 atom stereocenters. The van der Waals surface area contributed by atoms with E-state index in [1.165, 1.54) is 6.92 Å². The van der Waals surface area contributed by atoms with Crippen molar-refractivity contribution in [2.75, 3.05) is 13.1 Å². The van der Waals surface area contributed by atoms with Crippen molar-refractivity contribution in [3.63, 3.8) is 0 Å². The fourth-order valence-electron chi connectivity index (χ4n) is 3.52. The summed E-state index contributed by atoms with van der Waals surface area (Å²) < 4.78 is 29.5. The van der Waals surface area contributed by atoms with Crippen LogP contribution in [0.25, 0.3) is 0 Å². The molecule has 0 unspecified atom stereocenters. The molecule has 0 spiro atoms. The van der Waals surface area contributed by atoms with Gasteiger partial charge in [-0.05, 0) is 32.3 Å². The molecular weight excluding hydrogens is 328 g/mol. The first kappa shape index (κ1) is 17.5. The van der Waals surface area contributed by atoms with E-state index in [-0.39, 0.29) is 12.1 Å². The van der Waals surface area contributed by atoms with Gasteiger partial charge in [-0.25, -0.2) is 18.6 Å². The average Bonchev–Trinajstić information content (AvgIpc) is 3.02. The van der Waals surface area contributed by atoms with Crippen molar-refractivity contribution in [3.05, 3.63) is 53.1 Å². The van der Waals surface area contributed by atoms with Gasteiger partial charge < -0.3 is 9.67 Å². The minimum Gasteiger partial charge on any atom is -0.479 e. The van der Waals surface area contributed by atoms with Gasteiger partial charge in [0.2, 0.25) is 0 Å². The molecular formula is C18H21F2N3O2.